The number of ether oxygens (including phenoxy) is 2. The Labute approximate surface area is 163 Å². The van der Waals surface area contributed by atoms with Gasteiger partial charge < -0.3 is 18.8 Å². The number of hydrogen-bond acceptors (Lipinski definition) is 6. The van der Waals surface area contributed by atoms with Crippen LogP contribution in [0.1, 0.15) is 27.7 Å². The zero-order chi connectivity index (χ0) is 21.0. The Morgan fingerprint density at radius 2 is 1.96 bits per heavy atom. The van der Waals surface area contributed by atoms with Gasteiger partial charge in [0, 0.05) is 19.9 Å². The quantitative estimate of drug-likeness (QED) is 0.196. The van der Waals surface area contributed by atoms with E-state index in [0.29, 0.717) is 6.54 Å². The first-order valence-electron chi connectivity index (χ1n) is 9.14. The molecule has 154 valence electrons. The fourth-order valence-corrected chi connectivity index (χ4v) is 3.86. The summed E-state index contributed by atoms with van der Waals surface area (Å²) in [4.78, 5) is 30.0. The molecule has 0 aliphatic carbocycles. The van der Waals surface area contributed by atoms with Crippen molar-refractivity contribution in [2.45, 2.75) is 70.1 Å². The van der Waals surface area contributed by atoms with Gasteiger partial charge in [0.25, 0.3) is 5.91 Å². The lowest BCUT2D eigenvalue weighted by atomic mass is 9.93. The summed E-state index contributed by atoms with van der Waals surface area (Å²) in [6.07, 6.45) is 2.22. The minimum atomic E-state index is -2.16. The number of β-lactam (4-membered cyclic amide) rings is 1. The van der Waals surface area contributed by atoms with Crippen molar-refractivity contribution in [3.63, 3.8) is 0 Å². The number of carbonyl (C=O) groups excluding carboxylic acids is 2. The van der Waals surface area contributed by atoms with E-state index in [2.05, 4.69) is 45.4 Å². The second-order valence-electron chi connectivity index (χ2n) is 8.27. The molecule has 0 unspecified atom stereocenters. The number of aliphatic imine (C=N–C) groups is 1. The highest BCUT2D eigenvalue weighted by Crippen LogP contribution is 2.39. The van der Waals surface area contributed by atoms with Crippen LogP contribution in [0.5, 0.6) is 0 Å². The Kier molecular flexibility index (Phi) is 7.95. The van der Waals surface area contributed by atoms with Crippen LogP contribution in [-0.4, -0.2) is 76.4 Å². The molecule has 1 heterocycles. The van der Waals surface area contributed by atoms with Crippen molar-refractivity contribution in [1.29, 1.82) is 0 Å². The van der Waals surface area contributed by atoms with Crippen molar-refractivity contribution in [2.24, 2.45) is 4.99 Å². The fraction of sp³-hybridized carbons (Fsp3) is 0.737. The van der Waals surface area contributed by atoms with Gasteiger partial charge in [0.15, 0.2) is 14.4 Å². The largest absolute Gasteiger partial charge is 0.467 e. The smallest absolute Gasteiger partial charge is 0.330 e. The first kappa shape index (κ1) is 23.5. The Morgan fingerprint density at radius 3 is 2.41 bits per heavy atom. The number of hydrogen-bond donors (Lipinski definition) is 0. The molecule has 1 aliphatic heterocycles. The Morgan fingerprint density at radius 1 is 1.37 bits per heavy atom. The zero-order valence-corrected chi connectivity index (χ0v) is 18.8. The summed E-state index contributed by atoms with van der Waals surface area (Å²) in [5, 5.41) is -0.0212. The maximum Gasteiger partial charge on any atom is 0.330 e. The van der Waals surface area contributed by atoms with Crippen LogP contribution < -0.4 is 0 Å². The van der Waals surface area contributed by atoms with E-state index >= 15 is 0 Å². The van der Waals surface area contributed by atoms with Crippen LogP contribution in [-0.2, 0) is 23.5 Å². The van der Waals surface area contributed by atoms with Gasteiger partial charge >= 0.3 is 5.97 Å². The molecule has 27 heavy (non-hydrogen) atoms. The van der Waals surface area contributed by atoms with Crippen molar-refractivity contribution in [3.05, 3.63) is 12.7 Å². The van der Waals surface area contributed by atoms with Crippen LogP contribution in [0.2, 0.25) is 18.1 Å². The predicted molar refractivity (Wildman–Crippen MR) is 109 cm³/mol. The lowest BCUT2D eigenvalue weighted by molar-refractivity contribution is -0.174. The summed E-state index contributed by atoms with van der Waals surface area (Å²) >= 11 is 0. The number of amides is 1. The van der Waals surface area contributed by atoms with Gasteiger partial charge in [0.2, 0.25) is 0 Å². The van der Waals surface area contributed by atoms with E-state index in [9.17, 15) is 9.59 Å². The SMILES string of the molecule is C=CCN1C(=O)[C@H](OC)[C@@H]1[C@@H](C=N[C@@H](C)C(=O)OC)O[Si](C)(C)C(C)(C)C. The van der Waals surface area contributed by atoms with Crippen molar-refractivity contribution in [1.82, 2.24) is 4.90 Å². The molecule has 1 fully saturated rings. The van der Waals surface area contributed by atoms with E-state index in [0.717, 1.165) is 0 Å². The molecule has 0 N–H and O–H groups in total. The minimum absolute atomic E-state index is 0.0212. The Bertz CT molecular complexity index is 585. The van der Waals surface area contributed by atoms with Crippen LogP contribution in [0.4, 0.5) is 0 Å². The third kappa shape index (κ3) is 5.27. The van der Waals surface area contributed by atoms with Crippen LogP contribution in [0.3, 0.4) is 0 Å². The van der Waals surface area contributed by atoms with Crippen molar-refractivity contribution in [2.75, 3.05) is 20.8 Å². The monoisotopic (exact) mass is 398 g/mol. The minimum Gasteiger partial charge on any atom is -0.467 e. The lowest BCUT2D eigenvalue weighted by Gasteiger charge is -2.50. The summed E-state index contributed by atoms with van der Waals surface area (Å²) in [6.45, 7) is 16.5. The van der Waals surface area contributed by atoms with Gasteiger partial charge in [-0.25, -0.2) is 4.79 Å². The second-order valence-corrected chi connectivity index (χ2v) is 13.0. The maximum atomic E-state index is 12.3. The highest BCUT2D eigenvalue weighted by molar-refractivity contribution is 6.74. The van der Waals surface area contributed by atoms with E-state index in [-0.39, 0.29) is 17.0 Å². The van der Waals surface area contributed by atoms with Gasteiger partial charge in [0.05, 0.1) is 13.2 Å². The van der Waals surface area contributed by atoms with Gasteiger partial charge in [-0.2, -0.15) is 0 Å². The summed E-state index contributed by atoms with van der Waals surface area (Å²) in [5.74, 6) is -0.520. The highest BCUT2D eigenvalue weighted by Gasteiger charge is 2.53. The molecular weight excluding hydrogens is 364 g/mol. The molecule has 0 aromatic heterocycles. The summed E-state index contributed by atoms with van der Waals surface area (Å²) in [5.41, 5.74) is 0. The third-order valence-electron chi connectivity index (χ3n) is 5.35. The molecule has 0 aromatic rings. The maximum absolute atomic E-state index is 12.3. The molecule has 0 spiro atoms. The Balaban J connectivity index is 3.20. The van der Waals surface area contributed by atoms with Crippen LogP contribution in [0.25, 0.3) is 0 Å². The molecule has 4 atom stereocenters. The van der Waals surface area contributed by atoms with Crippen molar-refractivity contribution < 1.29 is 23.5 Å². The number of rotatable bonds is 9. The molecule has 1 aliphatic rings. The van der Waals surface area contributed by atoms with E-state index in [1.54, 1.807) is 24.1 Å². The Hall–Kier alpha value is -1.51. The first-order valence-corrected chi connectivity index (χ1v) is 12.0. The van der Waals surface area contributed by atoms with E-state index in [4.69, 9.17) is 13.9 Å². The topological polar surface area (TPSA) is 77.4 Å². The standard InChI is InChI=1S/C19H34N2O5Si/c1-10-11-21-15(16(24-6)17(21)22)14(12-20-13(2)18(23)25-7)26-27(8,9)19(3,4)5/h10,12-16H,1,11H2,2-9H3/t13-,14+,15-,16+/m0/s1. The summed E-state index contributed by atoms with van der Waals surface area (Å²) in [6, 6.07) is -0.964. The van der Waals surface area contributed by atoms with Gasteiger partial charge in [-0.3, -0.25) is 9.79 Å². The fourth-order valence-electron chi connectivity index (χ4n) is 2.63. The van der Waals surface area contributed by atoms with E-state index in [1.807, 2.05) is 0 Å². The molecule has 0 aromatic carbocycles. The molecular formula is C19H34N2O5Si. The molecule has 0 saturated carbocycles. The van der Waals surface area contributed by atoms with E-state index < -0.39 is 32.5 Å². The molecule has 1 rings (SSSR count). The number of esters is 1. The van der Waals surface area contributed by atoms with Gasteiger partial charge in [0.1, 0.15) is 12.1 Å². The number of likely N-dealkylation sites (tertiary alicyclic amines) is 1. The number of methoxy groups -OCH3 is 2. The summed E-state index contributed by atoms with van der Waals surface area (Å²) < 4.78 is 16.7. The molecule has 1 saturated heterocycles. The van der Waals surface area contributed by atoms with Gasteiger partial charge in [-0.1, -0.05) is 26.8 Å². The highest BCUT2D eigenvalue weighted by atomic mass is 28.4. The first-order chi connectivity index (χ1) is 12.4. The second kappa shape index (κ2) is 9.12. The number of nitrogens with zero attached hydrogens (tertiary/aromatic N) is 2. The average molecular weight is 399 g/mol. The molecule has 1 amide bonds. The molecule has 8 heteroatoms. The van der Waals surface area contributed by atoms with Crippen molar-refractivity contribution in [3.8, 4) is 0 Å². The number of carbonyl (C=O) groups is 2. The van der Waals surface area contributed by atoms with Gasteiger partial charge in [-0.05, 0) is 25.1 Å². The van der Waals surface area contributed by atoms with Crippen LogP contribution in [0, 0.1) is 0 Å². The van der Waals surface area contributed by atoms with Crippen LogP contribution in [0.15, 0.2) is 17.6 Å². The summed E-state index contributed by atoms with van der Waals surface area (Å²) in [7, 11) is 0.677. The lowest BCUT2D eigenvalue weighted by Crippen LogP contribution is -2.71. The molecule has 0 bridgehead atoms. The van der Waals surface area contributed by atoms with Crippen LogP contribution >= 0.6 is 0 Å². The normalized spacial score (nSPS) is 23.1. The average Bonchev–Trinajstić information content (AvgIpc) is 2.58. The van der Waals surface area contributed by atoms with E-state index in [1.165, 1.54) is 14.2 Å². The van der Waals surface area contributed by atoms with Gasteiger partial charge in [-0.15, -0.1) is 6.58 Å². The molecule has 0 radical (unpaired) electrons. The molecule has 7 nitrogen and oxygen atoms in total. The van der Waals surface area contributed by atoms with Crippen molar-refractivity contribution >= 4 is 26.4 Å². The zero-order valence-electron chi connectivity index (χ0n) is 17.8. The predicted octanol–water partition coefficient (Wildman–Crippen LogP) is 2.42. The third-order valence-corrected chi connectivity index (χ3v) is 9.82.